The number of hydrogen-bond acceptors (Lipinski definition) is 5. The first-order chi connectivity index (χ1) is 12.1. The Labute approximate surface area is 152 Å². The second kappa shape index (κ2) is 9.93. The summed E-state index contributed by atoms with van der Waals surface area (Å²) in [7, 11) is 0. The number of carbonyl (C=O) groups excluding carboxylic acids is 2. The van der Waals surface area contributed by atoms with Gasteiger partial charge in [-0.05, 0) is 31.6 Å². The van der Waals surface area contributed by atoms with Gasteiger partial charge in [-0.1, -0.05) is 38.3 Å². The highest BCUT2D eigenvalue weighted by Gasteiger charge is 2.09. The number of nitrogens with one attached hydrogen (secondary N) is 1. The van der Waals surface area contributed by atoms with Crippen molar-refractivity contribution in [3.05, 3.63) is 35.3 Å². The highest BCUT2D eigenvalue weighted by atomic mass is 32.1. The Hall–Kier alpha value is -2.21. The van der Waals surface area contributed by atoms with Gasteiger partial charge in [-0.2, -0.15) is 0 Å². The maximum atomic E-state index is 11.8. The van der Waals surface area contributed by atoms with Crippen LogP contribution in [0.3, 0.4) is 0 Å². The zero-order valence-electron chi connectivity index (χ0n) is 14.7. The molecule has 2 aromatic rings. The van der Waals surface area contributed by atoms with E-state index in [9.17, 15) is 9.59 Å². The van der Waals surface area contributed by atoms with Crippen molar-refractivity contribution in [1.29, 1.82) is 0 Å². The van der Waals surface area contributed by atoms with Gasteiger partial charge in [0.05, 0.1) is 10.2 Å². The van der Waals surface area contributed by atoms with Crippen LogP contribution in [0.25, 0.3) is 16.3 Å². The topological polar surface area (TPSA) is 68.3 Å². The van der Waals surface area contributed by atoms with Crippen molar-refractivity contribution in [2.24, 2.45) is 0 Å². The third-order valence-electron chi connectivity index (χ3n) is 3.67. The molecule has 2 rings (SSSR count). The maximum Gasteiger partial charge on any atom is 0.331 e. The Bertz CT molecular complexity index is 706. The summed E-state index contributed by atoms with van der Waals surface area (Å²) in [6.45, 7) is 3.84. The molecule has 134 valence electrons. The Morgan fingerprint density at radius 3 is 2.88 bits per heavy atom. The molecule has 1 N–H and O–H groups in total. The van der Waals surface area contributed by atoms with E-state index in [1.165, 1.54) is 17.4 Å². The number of nitrogens with zero attached hydrogens (tertiary/aromatic N) is 1. The number of ether oxygens (including phenoxy) is 1. The molecule has 0 saturated heterocycles. The second-order valence-corrected chi connectivity index (χ2v) is 6.99. The minimum absolute atomic E-state index is 0.0936. The zero-order chi connectivity index (χ0) is 18.1. The molecule has 6 heteroatoms. The molecule has 1 amide bonds. The number of aromatic nitrogens is 1. The average Bonchev–Trinajstić information content (AvgIpc) is 3.01. The number of unbranched alkanes of at least 4 members (excludes halogenated alkanes) is 2. The van der Waals surface area contributed by atoms with Crippen LogP contribution in [0.2, 0.25) is 0 Å². The monoisotopic (exact) mass is 360 g/mol. The van der Waals surface area contributed by atoms with Gasteiger partial charge < -0.3 is 10.1 Å². The summed E-state index contributed by atoms with van der Waals surface area (Å²) < 4.78 is 6.03. The number of hydrogen-bond donors (Lipinski definition) is 1. The van der Waals surface area contributed by atoms with Crippen LogP contribution in [0, 0.1) is 0 Å². The SMILES string of the molecule is CCCCC[C@@H](C)NC(=O)COC(=O)/C=C/c1nc2ccccc2s1. The van der Waals surface area contributed by atoms with Crippen molar-refractivity contribution in [3.8, 4) is 0 Å². The molecule has 1 atom stereocenters. The number of amides is 1. The van der Waals surface area contributed by atoms with E-state index in [0.29, 0.717) is 0 Å². The van der Waals surface area contributed by atoms with E-state index in [-0.39, 0.29) is 18.6 Å². The van der Waals surface area contributed by atoms with Crippen LogP contribution in [-0.4, -0.2) is 29.5 Å². The lowest BCUT2D eigenvalue weighted by Gasteiger charge is -2.13. The fourth-order valence-corrected chi connectivity index (χ4v) is 3.24. The molecular formula is C19H24N2O3S. The molecule has 0 spiro atoms. The van der Waals surface area contributed by atoms with Gasteiger partial charge in [-0.3, -0.25) is 4.79 Å². The fraction of sp³-hybridized carbons (Fsp3) is 0.421. The minimum atomic E-state index is -0.548. The highest BCUT2D eigenvalue weighted by molar-refractivity contribution is 7.19. The van der Waals surface area contributed by atoms with Gasteiger partial charge >= 0.3 is 5.97 Å². The van der Waals surface area contributed by atoms with Crippen LogP contribution in [-0.2, 0) is 14.3 Å². The molecule has 1 heterocycles. The summed E-state index contributed by atoms with van der Waals surface area (Å²) in [5, 5.41) is 3.56. The Balaban J connectivity index is 1.73. The molecule has 1 aromatic heterocycles. The lowest BCUT2D eigenvalue weighted by Crippen LogP contribution is -2.35. The van der Waals surface area contributed by atoms with Gasteiger partial charge in [-0.15, -0.1) is 11.3 Å². The molecular weight excluding hydrogens is 336 g/mol. The van der Waals surface area contributed by atoms with Gasteiger partial charge in [0.25, 0.3) is 5.91 Å². The largest absolute Gasteiger partial charge is 0.452 e. The number of carbonyl (C=O) groups is 2. The molecule has 0 aliphatic carbocycles. The predicted molar refractivity (Wildman–Crippen MR) is 101 cm³/mol. The molecule has 0 radical (unpaired) electrons. The van der Waals surface area contributed by atoms with Crippen molar-refractivity contribution < 1.29 is 14.3 Å². The van der Waals surface area contributed by atoms with Crippen LogP contribution >= 0.6 is 11.3 Å². The molecule has 0 aliphatic rings. The fourth-order valence-electron chi connectivity index (χ4n) is 2.37. The second-order valence-electron chi connectivity index (χ2n) is 5.93. The summed E-state index contributed by atoms with van der Waals surface area (Å²) in [6.07, 6.45) is 7.24. The normalized spacial score (nSPS) is 12.4. The van der Waals surface area contributed by atoms with E-state index in [1.807, 2.05) is 31.2 Å². The number of rotatable bonds is 9. The van der Waals surface area contributed by atoms with Crippen molar-refractivity contribution in [2.45, 2.75) is 45.6 Å². The van der Waals surface area contributed by atoms with Crippen molar-refractivity contribution in [2.75, 3.05) is 6.61 Å². The van der Waals surface area contributed by atoms with Crippen LogP contribution in [0.4, 0.5) is 0 Å². The summed E-state index contributed by atoms with van der Waals surface area (Å²) in [4.78, 5) is 27.9. The number of fused-ring (bicyclic) bond motifs is 1. The van der Waals surface area contributed by atoms with E-state index in [0.717, 1.165) is 40.9 Å². The van der Waals surface area contributed by atoms with E-state index in [2.05, 4.69) is 17.2 Å². The van der Waals surface area contributed by atoms with E-state index >= 15 is 0 Å². The number of thiazole rings is 1. The Kier molecular flexibility index (Phi) is 7.60. The number of esters is 1. The molecule has 25 heavy (non-hydrogen) atoms. The first-order valence-corrected chi connectivity index (χ1v) is 9.40. The standard InChI is InChI=1S/C19H24N2O3S/c1-3-4-5-8-14(2)20-17(22)13-24-19(23)12-11-18-21-15-9-6-7-10-16(15)25-18/h6-7,9-12,14H,3-5,8,13H2,1-2H3,(H,20,22)/b12-11+/t14-/m1/s1. The molecule has 1 aromatic carbocycles. The van der Waals surface area contributed by atoms with Crippen molar-refractivity contribution >= 4 is 39.5 Å². The van der Waals surface area contributed by atoms with Crippen LogP contribution in [0.5, 0.6) is 0 Å². The summed E-state index contributed by atoms with van der Waals surface area (Å²) >= 11 is 1.50. The molecule has 5 nitrogen and oxygen atoms in total. The van der Waals surface area contributed by atoms with E-state index < -0.39 is 5.97 Å². The molecule has 0 fully saturated rings. The predicted octanol–water partition coefficient (Wildman–Crippen LogP) is 3.94. The first kappa shape index (κ1) is 19.1. The summed E-state index contributed by atoms with van der Waals surface area (Å²) in [5.41, 5.74) is 0.900. The number of benzene rings is 1. The molecule has 0 bridgehead atoms. The smallest absolute Gasteiger partial charge is 0.331 e. The average molecular weight is 360 g/mol. The highest BCUT2D eigenvalue weighted by Crippen LogP contribution is 2.22. The van der Waals surface area contributed by atoms with Gasteiger partial charge in [0.2, 0.25) is 0 Å². The van der Waals surface area contributed by atoms with Gasteiger partial charge in [0, 0.05) is 12.1 Å². The third-order valence-corrected chi connectivity index (χ3v) is 4.67. The van der Waals surface area contributed by atoms with Gasteiger partial charge in [-0.25, -0.2) is 9.78 Å². The quantitative estimate of drug-likeness (QED) is 0.418. The lowest BCUT2D eigenvalue weighted by atomic mass is 10.1. The van der Waals surface area contributed by atoms with Gasteiger partial charge in [0.1, 0.15) is 5.01 Å². The molecule has 0 aliphatic heterocycles. The van der Waals surface area contributed by atoms with E-state index in [1.54, 1.807) is 6.08 Å². The van der Waals surface area contributed by atoms with Crippen LogP contribution in [0.15, 0.2) is 30.3 Å². The van der Waals surface area contributed by atoms with Gasteiger partial charge in [0.15, 0.2) is 6.61 Å². The lowest BCUT2D eigenvalue weighted by molar-refractivity contribution is -0.144. The summed E-state index contributed by atoms with van der Waals surface area (Å²) in [5.74, 6) is -0.821. The summed E-state index contributed by atoms with van der Waals surface area (Å²) in [6, 6.07) is 7.87. The van der Waals surface area contributed by atoms with Crippen molar-refractivity contribution in [3.63, 3.8) is 0 Å². The number of para-hydroxylation sites is 1. The molecule has 0 unspecified atom stereocenters. The van der Waals surface area contributed by atoms with Crippen LogP contribution < -0.4 is 5.32 Å². The zero-order valence-corrected chi connectivity index (χ0v) is 15.5. The first-order valence-electron chi connectivity index (χ1n) is 8.58. The molecule has 0 saturated carbocycles. The van der Waals surface area contributed by atoms with Crippen LogP contribution in [0.1, 0.15) is 44.5 Å². The minimum Gasteiger partial charge on any atom is -0.452 e. The van der Waals surface area contributed by atoms with E-state index in [4.69, 9.17) is 4.74 Å². The maximum absolute atomic E-state index is 11.8. The third kappa shape index (κ3) is 6.66. The van der Waals surface area contributed by atoms with Crippen molar-refractivity contribution in [1.82, 2.24) is 10.3 Å². The Morgan fingerprint density at radius 2 is 2.12 bits per heavy atom. The Morgan fingerprint density at radius 1 is 1.32 bits per heavy atom.